The van der Waals surface area contributed by atoms with E-state index in [1.807, 2.05) is 25.1 Å². The summed E-state index contributed by atoms with van der Waals surface area (Å²) in [5.41, 5.74) is 3.86. The first-order chi connectivity index (χ1) is 13.3. The van der Waals surface area contributed by atoms with Crippen LogP contribution in [0.5, 0.6) is 0 Å². The van der Waals surface area contributed by atoms with Crippen LogP contribution in [0.3, 0.4) is 0 Å². The number of amides is 1. The van der Waals surface area contributed by atoms with Gasteiger partial charge in [0.1, 0.15) is 0 Å². The molecule has 150 valence electrons. The first-order valence-electron chi connectivity index (χ1n) is 9.49. The summed E-state index contributed by atoms with van der Waals surface area (Å²) in [6.45, 7) is 6.32. The van der Waals surface area contributed by atoms with Crippen molar-refractivity contribution in [1.29, 1.82) is 0 Å². The molecular weight excluding hydrogens is 374 g/mol. The van der Waals surface area contributed by atoms with E-state index in [0.29, 0.717) is 31.7 Å². The average molecular weight is 402 g/mol. The number of carbonyl (C=O) groups excluding carboxylic acids is 1. The second-order valence-corrected chi connectivity index (χ2v) is 9.25. The quantitative estimate of drug-likeness (QED) is 0.806. The fourth-order valence-corrected chi connectivity index (χ4v) is 4.70. The minimum absolute atomic E-state index is 0.0883. The van der Waals surface area contributed by atoms with Crippen LogP contribution < -0.4 is 10.2 Å². The molecule has 0 radical (unpaired) electrons. The number of nitrogens with zero attached hydrogens (tertiary/aromatic N) is 2. The number of benzene rings is 2. The van der Waals surface area contributed by atoms with E-state index in [1.165, 1.54) is 9.87 Å². The number of hydrogen-bond acceptors (Lipinski definition) is 4. The summed E-state index contributed by atoms with van der Waals surface area (Å²) in [5, 5.41) is 2.71. The van der Waals surface area contributed by atoms with Crippen LogP contribution in [0.25, 0.3) is 0 Å². The second kappa shape index (κ2) is 8.75. The summed E-state index contributed by atoms with van der Waals surface area (Å²) in [6, 6.07) is 15.5. The molecule has 1 N–H and O–H groups in total. The van der Waals surface area contributed by atoms with E-state index in [1.54, 1.807) is 12.1 Å². The third-order valence-electron chi connectivity index (χ3n) is 4.92. The Morgan fingerprint density at radius 1 is 0.964 bits per heavy atom. The number of nitrogens with one attached hydrogen (secondary N) is 1. The van der Waals surface area contributed by atoms with E-state index in [-0.39, 0.29) is 18.2 Å². The number of carbonyl (C=O) groups is 1. The Morgan fingerprint density at radius 3 is 2.25 bits per heavy atom. The summed E-state index contributed by atoms with van der Waals surface area (Å²) in [5.74, 6) is -0.335. The lowest BCUT2D eigenvalue weighted by Gasteiger charge is -2.35. The summed E-state index contributed by atoms with van der Waals surface area (Å²) in [7, 11) is -3.39. The van der Waals surface area contributed by atoms with Gasteiger partial charge in [-0.15, -0.1) is 0 Å². The maximum atomic E-state index is 12.6. The first kappa shape index (κ1) is 20.4. The van der Waals surface area contributed by atoms with Crippen LogP contribution in [0.4, 0.5) is 5.69 Å². The van der Waals surface area contributed by atoms with Crippen molar-refractivity contribution in [2.75, 3.05) is 43.4 Å². The molecule has 0 saturated carbocycles. The molecule has 0 aliphatic carbocycles. The Labute approximate surface area is 167 Å². The molecule has 2 aromatic rings. The van der Waals surface area contributed by atoms with Crippen molar-refractivity contribution in [3.63, 3.8) is 0 Å². The largest absolute Gasteiger partial charge is 0.369 e. The number of rotatable bonds is 6. The third-order valence-corrected chi connectivity index (χ3v) is 6.80. The van der Waals surface area contributed by atoms with Gasteiger partial charge < -0.3 is 10.2 Å². The minimum Gasteiger partial charge on any atom is -0.369 e. The van der Waals surface area contributed by atoms with Crippen molar-refractivity contribution in [2.45, 2.75) is 13.8 Å². The maximum absolute atomic E-state index is 12.6. The molecule has 0 spiro atoms. The number of anilines is 1. The van der Waals surface area contributed by atoms with Gasteiger partial charge in [-0.1, -0.05) is 29.8 Å². The molecule has 0 aromatic heterocycles. The van der Waals surface area contributed by atoms with Gasteiger partial charge in [0, 0.05) is 44.0 Å². The molecule has 1 fully saturated rings. The summed E-state index contributed by atoms with van der Waals surface area (Å²) in [4.78, 5) is 14.4. The third kappa shape index (κ3) is 5.11. The highest BCUT2D eigenvalue weighted by molar-refractivity contribution is 7.89. The van der Waals surface area contributed by atoms with Crippen LogP contribution >= 0.6 is 0 Å². The summed E-state index contributed by atoms with van der Waals surface area (Å²) in [6.07, 6.45) is 0. The van der Waals surface area contributed by atoms with Crippen LogP contribution in [0.15, 0.2) is 48.5 Å². The fraction of sp³-hybridized carbons (Fsp3) is 0.381. The normalized spacial score (nSPS) is 15.4. The fourth-order valence-electron chi connectivity index (χ4n) is 3.36. The Hall–Kier alpha value is -2.38. The van der Waals surface area contributed by atoms with Gasteiger partial charge in [0.25, 0.3) is 5.91 Å². The van der Waals surface area contributed by atoms with Crippen LogP contribution in [0.1, 0.15) is 21.5 Å². The summed E-state index contributed by atoms with van der Waals surface area (Å²) >= 11 is 0. The zero-order chi connectivity index (χ0) is 20.1. The van der Waals surface area contributed by atoms with Gasteiger partial charge in [-0.25, -0.2) is 8.42 Å². The van der Waals surface area contributed by atoms with Crippen molar-refractivity contribution in [3.05, 3.63) is 65.2 Å². The molecule has 3 rings (SSSR count). The zero-order valence-electron chi connectivity index (χ0n) is 16.4. The molecule has 1 amide bonds. The second-order valence-electron chi connectivity index (χ2n) is 7.17. The van der Waals surface area contributed by atoms with Gasteiger partial charge in [-0.3, -0.25) is 4.79 Å². The Bertz CT molecular complexity index is 935. The van der Waals surface area contributed by atoms with Gasteiger partial charge in [-0.2, -0.15) is 4.31 Å². The molecule has 28 heavy (non-hydrogen) atoms. The minimum atomic E-state index is -3.39. The van der Waals surface area contributed by atoms with E-state index >= 15 is 0 Å². The highest BCUT2D eigenvalue weighted by atomic mass is 32.2. The van der Waals surface area contributed by atoms with Crippen molar-refractivity contribution in [1.82, 2.24) is 9.62 Å². The van der Waals surface area contributed by atoms with E-state index in [4.69, 9.17) is 0 Å². The number of hydrogen-bond donors (Lipinski definition) is 1. The molecule has 1 aliphatic heterocycles. The van der Waals surface area contributed by atoms with Crippen LogP contribution in [-0.4, -0.2) is 57.1 Å². The maximum Gasteiger partial charge on any atom is 0.251 e. The van der Waals surface area contributed by atoms with Crippen molar-refractivity contribution < 1.29 is 13.2 Å². The van der Waals surface area contributed by atoms with Gasteiger partial charge >= 0.3 is 0 Å². The number of aryl methyl sites for hydroxylation is 2. The molecule has 0 atom stereocenters. The molecule has 1 heterocycles. The van der Waals surface area contributed by atoms with Crippen molar-refractivity contribution in [3.8, 4) is 0 Å². The molecule has 1 saturated heterocycles. The van der Waals surface area contributed by atoms with Gasteiger partial charge in [0.05, 0.1) is 5.75 Å². The smallest absolute Gasteiger partial charge is 0.251 e. The standard InChI is InChI=1S/C21H27N3O3S/c1-17-5-3-7-19(15-17)21(25)22-9-14-28(26,27)24-12-10-23(11-13-24)20-8-4-6-18(2)16-20/h3-8,15-16H,9-14H2,1-2H3,(H,22,25). The van der Waals surface area contributed by atoms with Crippen LogP contribution in [0, 0.1) is 13.8 Å². The highest BCUT2D eigenvalue weighted by Crippen LogP contribution is 2.19. The predicted octanol–water partition coefficient (Wildman–Crippen LogP) is 2.19. The first-order valence-corrected chi connectivity index (χ1v) is 11.1. The van der Waals surface area contributed by atoms with E-state index in [9.17, 15) is 13.2 Å². The molecule has 2 aromatic carbocycles. The lowest BCUT2D eigenvalue weighted by molar-refractivity contribution is 0.0956. The monoisotopic (exact) mass is 401 g/mol. The van der Waals surface area contributed by atoms with E-state index in [0.717, 1.165) is 11.3 Å². The topological polar surface area (TPSA) is 69.7 Å². The number of sulfonamides is 1. The Kier molecular flexibility index (Phi) is 6.36. The lowest BCUT2D eigenvalue weighted by atomic mass is 10.1. The van der Waals surface area contributed by atoms with Gasteiger partial charge in [-0.05, 0) is 43.7 Å². The molecule has 1 aliphatic rings. The van der Waals surface area contributed by atoms with Gasteiger partial charge in [0.15, 0.2) is 0 Å². The van der Waals surface area contributed by atoms with Gasteiger partial charge in [0.2, 0.25) is 10.0 Å². The average Bonchev–Trinajstić information content (AvgIpc) is 2.68. The van der Waals surface area contributed by atoms with Crippen LogP contribution in [0.2, 0.25) is 0 Å². The number of piperazine rings is 1. The predicted molar refractivity (Wildman–Crippen MR) is 112 cm³/mol. The lowest BCUT2D eigenvalue weighted by Crippen LogP contribution is -2.50. The van der Waals surface area contributed by atoms with E-state index in [2.05, 4.69) is 35.3 Å². The summed E-state index contributed by atoms with van der Waals surface area (Å²) < 4.78 is 26.7. The zero-order valence-corrected chi connectivity index (χ0v) is 17.2. The highest BCUT2D eigenvalue weighted by Gasteiger charge is 2.26. The van der Waals surface area contributed by atoms with Crippen LogP contribution in [-0.2, 0) is 10.0 Å². The molecule has 0 bridgehead atoms. The molecule has 0 unspecified atom stereocenters. The van der Waals surface area contributed by atoms with Crippen molar-refractivity contribution in [2.24, 2.45) is 0 Å². The Balaban J connectivity index is 1.49. The SMILES string of the molecule is Cc1cccc(C(=O)NCCS(=O)(=O)N2CCN(c3cccc(C)c3)CC2)c1. The van der Waals surface area contributed by atoms with E-state index < -0.39 is 10.0 Å². The Morgan fingerprint density at radius 2 is 1.61 bits per heavy atom. The molecular formula is C21H27N3O3S. The van der Waals surface area contributed by atoms with Crippen molar-refractivity contribution >= 4 is 21.6 Å². The molecule has 6 nitrogen and oxygen atoms in total. The molecule has 7 heteroatoms.